The maximum atomic E-state index is 9.32. The molecule has 0 amide bonds. The van der Waals surface area contributed by atoms with E-state index < -0.39 is 0 Å². The zero-order valence-corrected chi connectivity index (χ0v) is 12.6. The Bertz CT molecular complexity index is 382. The van der Waals surface area contributed by atoms with E-state index in [1.165, 1.54) is 0 Å². The second-order valence-electron chi connectivity index (χ2n) is 4.96. The van der Waals surface area contributed by atoms with E-state index in [0.29, 0.717) is 16.0 Å². The topological polar surface area (TPSA) is 32.3 Å². The largest absolute Gasteiger partial charge is 0.393 e. The Kier molecular flexibility index (Phi) is 6.44. The van der Waals surface area contributed by atoms with Gasteiger partial charge in [-0.15, -0.1) is 0 Å². The summed E-state index contributed by atoms with van der Waals surface area (Å²) >= 11 is 12.2. The first-order valence-corrected chi connectivity index (χ1v) is 7.02. The number of hydrogen-bond acceptors (Lipinski definition) is 2. The standard InChI is InChI=1S/C14H21Cl2NO/c1-9(7-10(2)18)8-17-11(3)12-5-4-6-13(15)14(12)16/h4-6,9-11,17-18H,7-8H2,1-3H3. The molecule has 2 nitrogen and oxygen atoms in total. The van der Waals surface area contributed by atoms with Crippen molar-refractivity contribution in [1.29, 1.82) is 0 Å². The molecule has 0 radical (unpaired) electrons. The lowest BCUT2D eigenvalue weighted by atomic mass is 10.0. The molecule has 1 aromatic carbocycles. The van der Waals surface area contributed by atoms with Crippen LogP contribution in [0.1, 0.15) is 38.8 Å². The highest BCUT2D eigenvalue weighted by Crippen LogP contribution is 2.29. The van der Waals surface area contributed by atoms with Crippen LogP contribution < -0.4 is 5.32 Å². The number of halogens is 2. The zero-order valence-electron chi connectivity index (χ0n) is 11.1. The third-order valence-electron chi connectivity index (χ3n) is 2.96. The molecule has 3 unspecified atom stereocenters. The number of nitrogens with one attached hydrogen (secondary N) is 1. The Labute approximate surface area is 119 Å². The molecule has 4 heteroatoms. The first kappa shape index (κ1) is 15.8. The quantitative estimate of drug-likeness (QED) is 0.828. The fourth-order valence-electron chi connectivity index (χ4n) is 2.01. The van der Waals surface area contributed by atoms with Crippen LogP contribution >= 0.6 is 23.2 Å². The van der Waals surface area contributed by atoms with Crippen molar-refractivity contribution in [3.63, 3.8) is 0 Å². The summed E-state index contributed by atoms with van der Waals surface area (Å²) in [6.07, 6.45) is 0.537. The molecule has 0 saturated carbocycles. The number of aliphatic hydroxyl groups is 1. The van der Waals surface area contributed by atoms with Gasteiger partial charge in [0.05, 0.1) is 16.1 Å². The van der Waals surface area contributed by atoms with Crippen LogP contribution in [0.4, 0.5) is 0 Å². The predicted molar refractivity (Wildman–Crippen MR) is 78.3 cm³/mol. The fraction of sp³-hybridized carbons (Fsp3) is 0.571. The van der Waals surface area contributed by atoms with Crippen LogP contribution in [0.3, 0.4) is 0 Å². The van der Waals surface area contributed by atoms with Crippen LogP contribution in [0.25, 0.3) is 0 Å². The third-order valence-corrected chi connectivity index (χ3v) is 3.80. The lowest BCUT2D eigenvalue weighted by Crippen LogP contribution is -2.26. The Morgan fingerprint density at radius 2 is 1.89 bits per heavy atom. The van der Waals surface area contributed by atoms with Crippen molar-refractivity contribution in [2.45, 2.75) is 39.3 Å². The van der Waals surface area contributed by atoms with E-state index in [-0.39, 0.29) is 12.1 Å². The highest BCUT2D eigenvalue weighted by atomic mass is 35.5. The molecule has 0 fully saturated rings. The molecule has 102 valence electrons. The molecule has 3 atom stereocenters. The summed E-state index contributed by atoms with van der Waals surface area (Å²) in [5.41, 5.74) is 1.01. The average molecular weight is 290 g/mol. The van der Waals surface area contributed by atoms with Crippen LogP contribution in [0.2, 0.25) is 10.0 Å². The summed E-state index contributed by atoms with van der Waals surface area (Å²) in [5.74, 6) is 0.422. The van der Waals surface area contributed by atoms with E-state index in [1.807, 2.05) is 19.1 Å². The van der Waals surface area contributed by atoms with Crippen LogP contribution in [-0.4, -0.2) is 17.8 Å². The first-order valence-electron chi connectivity index (χ1n) is 6.27. The third kappa shape index (κ3) is 4.77. The summed E-state index contributed by atoms with van der Waals surface area (Å²) in [5, 5.41) is 13.9. The van der Waals surface area contributed by atoms with Crippen LogP contribution in [0.15, 0.2) is 18.2 Å². The lowest BCUT2D eigenvalue weighted by molar-refractivity contribution is 0.162. The molecule has 18 heavy (non-hydrogen) atoms. The predicted octanol–water partition coefficient (Wildman–Crippen LogP) is 4.05. The van der Waals surface area contributed by atoms with Crippen molar-refractivity contribution in [1.82, 2.24) is 5.32 Å². The van der Waals surface area contributed by atoms with Gasteiger partial charge in [0.25, 0.3) is 0 Å². The minimum absolute atomic E-state index is 0.146. The van der Waals surface area contributed by atoms with Crippen molar-refractivity contribution in [3.05, 3.63) is 33.8 Å². The minimum Gasteiger partial charge on any atom is -0.393 e. The molecule has 0 aromatic heterocycles. The zero-order chi connectivity index (χ0) is 13.7. The highest BCUT2D eigenvalue weighted by Gasteiger charge is 2.13. The number of rotatable bonds is 6. The fourth-order valence-corrected chi connectivity index (χ4v) is 2.48. The second kappa shape index (κ2) is 7.34. The van der Waals surface area contributed by atoms with Crippen molar-refractivity contribution in [2.24, 2.45) is 5.92 Å². The Morgan fingerprint density at radius 3 is 2.50 bits per heavy atom. The second-order valence-corrected chi connectivity index (χ2v) is 5.75. The van der Waals surface area contributed by atoms with Crippen LogP contribution in [0.5, 0.6) is 0 Å². The summed E-state index contributed by atoms with van der Waals surface area (Å²) < 4.78 is 0. The van der Waals surface area contributed by atoms with Gasteiger partial charge in [0.2, 0.25) is 0 Å². The molecule has 0 aliphatic carbocycles. The van der Waals surface area contributed by atoms with Crippen LogP contribution in [-0.2, 0) is 0 Å². The first-order chi connectivity index (χ1) is 8.41. The molecule has 0 heterocycles. The van der Waals surface area contributed by atoms with E-state index in [1.54, 1.807) is 6.07 Å². The molecule has 0 spiro atoms. The average Bonchev–Trinajstić information content (AvgIpc) is 2.29. The summed E-state index contributed by atoms with van der Waals surface area (Å²) in [4.78, 5) is 0. The molecule has 0 aliphatic heterocycles. The summed E-state index contributed by atoms with van der Waals surface area (Å²) in [6, 6.07) is 5.81. The number of benzene rings is 1. The maximum absolute atomic E-state index is 9.32. The molecular weight excluding hydrogens is 269 g/mol. The van der Waals surface area contributed by atoms with Gasteiger partial charge in [-0.2, -0.15) is 0 Å². The molecular formula is C14H21Cl2NO. The SMILES string of the molecule is CC(O)CC(C)CNC(C)c1cccc(Cl)c1Cl. The van der Waals surface area contributed by atoms with Gasteiger partial charge in [0.1, 0.15) is 0 Å². The smallest absolute Gasteiger partial charge is 0.0639 e. The summed E-state index contributed by atoms with van der Waals surface area (Å²) in [7, 11) is 0. The monoisotopic (exact) mass is 289 g/mol. The normalized spacial score (nSPS) is 16.3. The van der Waals surface area contributed by atoms with Gasteiger partial charge >= 0.3 is 0 Å². The van der Waals surface area contributed by atoms with E-state index in [9.17, 15) is 5.11 Å². The van der Waals surface area contributed by atoms with Crippen molar-refractivity contribution >= 4 is 23.2 Å². The Hall–Kier alpha value is -0.280. The molecule has 0 bridgehead atoms. The van der Waals surface area contributed by atoms with E-state index >= 15 is 0 Å². The summed E-state index contributed by atoms with van der Waals surface area (Å²) in [6.45, 7) is 6.83. The van der Waals surface area contributed by atoms with E-state index in [2.05, 4.69) is 19.2 Å². The molecule has 1 aromatic rings. The van der Waals surface area contributed by atoms with Gasteiger partial charge in [-0.1, -0.05) is 42.3 Å². The molecule has 0 saturated heterocycles. The lowest BCUT2D eigenvalue weighted by Gasteiger charge is -2.20. The van der Waals surface area contributed by atoms with Crippen LogP contribution in [0, 0.1) is 5.92 Å². The van der Waals surface area contributed by atoms with Crippen molar-refractivity contribution in [2.75, 3.05) is 6.54 Å². The maximum Gasteiger partial charge on any atom is 0.0639 e. The van der Waals surface area contributed by atoms with Crippen molar-refractivity contribution < 1.29 is 5.11 Å². The van der Waals surface area contributed by atoms with Crippen molar-refractivity contribution in [3.8, 4) is 0 Å². The Balaban J connectivity index is 2.55. The van der Waals surface area contributed by atoms with Gasteiger partial charge in [0.15, 0.2) is 0 Å². The van der Waals surface area contributed by atoms with E-state index in [4.69, 9.17) is 23.2 Å². The van der Waals surface area contributed by atoms with Gasteiger partial charge in [-0.05, 0) is 44.4 Å². The van der Waals surface area contributed by atoms with Gasteiger partial charge in [0, 0.05) is 6.04 Å². The van der Waals surface area contributed by atoms with Gasteiger partial charge < -0.3 is 10.4 Å². The Morgan fingerprint density at radius 1 is 1.22 bits per heavy atom. The highest BCUT2D eigenvalue weighted by molar-refractivity contribution is 6.42. The van der Waals surface area contributed by atoms with Gasteiger partial charge in [-0.25, -0.2) is 0 Å². The molecule has 0 aliphatic rings. The van der Waals surface area contributed by atoms with E-state index in [0.717, 1.165) is 18.5 Å². The van der Waals surface area contributed by atoms with Gasteiger partial charge in [-0.3, -0.25) is 0 Å². The molecule has 1 rings (SSSR count). The minimum atomic E-state index is -0.258. The number of hydrogen-bond donors (Lipinski definition) is 2. The molecule has 2 N–H and O–H groups in total. The number of aliphatic hydroxyl groups excluding tert-OH is 1.